The normalized spacial score (nSPS) is 9.79. The van der Waals surface area contributed by atoms with Crippen molar-refractivity contribution in [3.05, 3.63) is 35.0 Å². The van der Waals surface area contributed by atoms with E-state index in [9.17, 15) is 0 Å². The number of rotatable bonds is 4. The Hall–Kier alpha value is -0.455. The van der Waals surface area contributed by atoms with Gasteiger partial charge in [-0.25, -0.2) is 0 Å². The largest absolute Gasteiger partial charge is 0.679 e. The summed E-state index contributed by atoms with van der Waals surface area (Å²) in [6.07, 6.45) is 0. The molecular formula is C8H6BBrO2S2. The molecule has 0 N–H and O–H groups in total. The monoisotopic (exact) mass is 288 g/mol. The van der Waals surface area contributed by atoms with Crippen molar-refractivity contribution in [3.63, 3.8) is 0 Å². The van der Waals surface area contributed by atoms with Gasteiger partial charge in [0.1, 0.15) is 0 Å². The summed E-state index contributed by atoms with van der Waals surface area (Å²) in [7, 11) is 0. The number of halogens is 1. The average Bonchev–Trinajstić information content (AvgIpc) is 2.76. The molecule has 0 bridgehead atoms. The molecule has 0 aliphatic heterocycles. The Kier molecular flexibility index (Phi) is 3.50. The van der Waals surface area contributed by atoms with Gasteiger partial charge in [0.15, 0.2) is 10.1 Å². The molecule has 0 spiro atoms. The quantitative estimate of drug-likeness (QED) is 0.800. The Balaban J connectivity index is 1.88. The molecule has 0 aromatic carbocycles. The highest BCUT2D eigenvalue weighted by Crippen LogP contribution is 2.24. The summed E-state index contributed by atoms with van der Waals surface area (Å²) < 4.78 is 10.9. The maximum Gasteiger partial charge on any atom is 0.679 e. The first-order valence-corrected chi connectivity index (χ1v) is 6.56. The summed E-state index contributed by atoms with van der Waals surface area (Å²) in [4.78, 5) is 0. The van der Waals surface area contributed by atoms with Crippen LogP contribution >= 0.6 is 38.4 Å². The van der Waals surface area contributed by atoms with Crippen molar-refractivity contribution >= 4 is 44.4 Å². The first-order chi connectivity index (χ1) is 6.84. The lowest BCUT2D eigenvalue weighted by Gasteiger charge is -2.07. The second kappa shape index (κ2) is 4.86. The Labute approximate surface area is 98.6 Å². The highest BCUT2D eigenvalue weighted by Gasteiger charge is 2.19. The third kappa shape index (κ3) is 2.77. The van der Waals surface area contributed by atoms with Crippen molar-refractivity contribution in [2.75, 3.05) is 0 Å². The maximum atomic E-state index is 5.45. The minimum atomic E-state index is -0.431. The molecule has 2 aromatic rings. The van der Waals surface area contributed by atoms with Gasteiger partial charge in [0.05, 0.1) is 0 Å². The zero-order valence-electron chi connectivity index (χ0n) is 7.05. The standard InChI is InChI=1S/C8H6BBrO2S2/c10-9(11-7-3-1-5-13-7)12-8-4-2-6-14-8/h1-6H. The molecule has 0 saturated heterocycles. The lowest BCUT2D eigenvalue weighted by molar-refractivity contribution is 0.466. The van der Waals surface area contributed by atoms with E-state index in [0.717, 1.165) is 10.1 Å². The van der Waals surface area contributed by atoms with Gasteiger partial charge in [0.2, 0.25) is 0 Å². The summed E-state index contributed by atoms with van der Waals surface area (Å²) in [5, 5.41) is 5.59. The van der Waals surface area contributed by atoms with Crippen LogP contribution in [0.2, 0.25) is 0 Å². The van der Waals surface area contributed by atoms with Crippen LogP contribution in [0.1, 0.15) is 0 Å². The molecule has 0 unspecified atom stereocenters. The topological polar surface area (TPSA) is 18.5 Å². The second-order valence-corrected chi connectivity index (χ2v) is 4.94. The summed E-state index contributed by atoms with van der Waals surface area (Å²) in [5.74, 6) is -0.431. The van der Waals surface area contributed by atoms with Gasteiger partial charge in [-0.1, -0.05) is 0 Å². The minimum Gasteiger partial charge on any atom is -0.509 e. The summed E-state index contributed by atoms with van der Waals surface area (Å²) in [6, 6.07) is 7.67. The van der Waals surface area contributed by atoms with Crippen molar-refractivity contribution < 1.29 is 9.31 Å². The Morgan fingerprint density at radius 2 is 1.50 bits per heavy atom. The molecule has 2 aromatic heterocycles. The van der Waals surface area contributed by atoms with E-state index in [2.05, 4.69) is 15.8 Å². The fourth-order valence-corrected chi connectivity index (χ4v) is 2.70. The van der Waals surface area contributed by atoms with Crippen molar-refractivity contribution in [2.45, 2.75) is 0 Å². The van der Waals surface area contributed by atoms with E-state index in [1.807, 2.05) is 35.0 Å². The van der Waals surface area contributed by atoms with E-state index in [-0.39, 0.29) is 0 Å². The van der Waals surface area contributed by atoms with E-state index in [1.54, 1.807) is 0 Å². The number of hydrogen-bond acceptors (Lipinski definition) is 4. The predicted octanol–water partition coefficient (Wildman–Crippen LogP) is 3.65. The first-order valence-electron chi connectivity index (χ1n) is 3.89. The van der Waals surface area contributed by atoms with Crippen LogP contribution in [0.5, 0.6) is 10.1 Å². The first kappa shape index (κ1) is 10.1. The van der Waals surface area contributed by atoms with Crippen LogP contribution in [0.4, 0.5) is 0 Å². The van der Waals surface area contributed by atoms with Crippen LogP contribution in [-0.4, -0.2) is 5.94 Å². The summed E-state index contributed by atoms with van der Waals surface area (Å²) >= 11 is 6.36. The van der Waals surface area contributed by atoms with Gasteiger partial charge in [0.25, 0.3) is 0 Å². The third-order valence-corrected chi connectivity index (χ3v) is 3.30. The molecule has 2 nitrogen and oxygen atoms in total. The van der Waals surface area contributed by atoms with Gasteiger partial charge in [0, 0.05) is 0 Å². The van der Waals surface area contributed by atoms with Crippen LogP contribution in [0.3, 0.4) is 0 Å². The average molecular weight is 289 g/mol. The van der Waals surface area contributed by atoms with Crippen molar-refractivity contribution in [2.24, 2.45) is 0 Å². The lowest BCUT2D eigenvalue weighted by Crippen LogP contribution is -2.21. The van der Waals surface area contributed by atoms with Gasteiger partial charge in [-0.2, -0.15) is 0 Å². The van der Waals surface area contributed by atoms with Gasteiger partial charge in [-0.3, -0.25) is 0 Å². The van der Waals surface area contributed by atoms with Crippen LogP contribution in [0, 0.1) is 0 Å². The molecule has 0 aliphatic rings. The SMILES string of the molecule is BrB(Oc1cccs1)Oc1cccs1. The molecule has 0 amide bonds. The van der Waals surface area contributed by atoms with Crippen molar-refractivity contribution in [1.29, 1.82) is 0 Å². The van der Waals surface area contributed by atoms with Gasteiger partial charge < -0.3 is 9.31 Å². The van der Waals surface area contributed by atoms with Crippen molar-refractivity contribution in [3.8, 4) is 10.1 Å². The van der Waals surface area contributed by atoms with Gasteiger partial charge >= 0.3 is 5.94 Å². The molecule has 6 heteroatoms. The maximum absolute atomic E-state index is 5.45. The fraction of sp³-hybridized carbons (Fsp3) is 0. The Bertz CT molecular complexity index is 326. The summed E-state index contributed by atoms with van der Waals surface area (Å²) in [5.41, 5.74) is 0. The second-order valence-electron chi connectivity index (χ2n) is 2.37. The molecule has 14 heavy (non-hydrogen) atoms. The van der Waals surface area contributed by atoms with Crippen molar-refractivity contribution in [1.82, 2.24) is 0 Å². The molecular weight excluding hydrogens is 283 g/mol. The Morgan fingerprint density at radius 3 is 1.86 bits per heavy atom. The number of hydrogen-bond donors (Lipinski definition) is 0. The molecule has 0 fully saturated rings. The van der Waals surface area contributed by atoms with E-state index in [4.69, 9.17) is 9.31 Å². The van der Waals surface area contributed by atoms with Crippen LogP contribution in [0.15, 0.2) is 35.0 Å². The third-order valence-electron chi connectivity index (χ3n) is 1.41. The lowest BCUT2D eigenvalue weighted by atomic mass is 10.4. The van der Waals surface area contributed by atoms with Crippen LogP contribution in [0.25, 0.3) is 0 Å². The van der Waals surface area contributed by atoms with E-state index in [1.165, 1.54) is 22.7 Å². The molecule has 72 valence electrons. The zero-order valence-corrected chi connectivity index (χ0v) is 10.3. The molecule has 0 saturated carbocycles. The highest BCUT2D eigenvalue weighted by atomic mass is 79.9. The molecule has 2 heterocycles. The minimum absolute atomic E-state index is 0.431. The molecule has 2 rings (SSSR count). The zero-order chi connectivity index (χ0) is 9.80. The van der Waals surface area contributed by atoms with E-state index < -0.39 is 5.94 Å². The van der Waals surface area contributed by atoms with E-state index in [0.29, 0.717) is 0 Å². The van der Waals surface area contributed by atoms with Gasteiger partial charge in [-0.15, -0.1) is 22.7 Å². The van der Waals surface area contributed by atoms with E-state index >= 15 is 0 Å². The highest BCUT2D eigenvalue weighted by molar-refractivity contribution is 9.24. The van der Waals surface area contributed by atoms with Gasteiger partial charge in [-0.05, 0) is 50.8 Å². The Morgan fingerprint density at radius 1 is 1.00 bits per heavy atom. The van der Waals surface area contributed by atoms with Crippen LogP contribution in [-0.2, 0) is 0 Å². The predicted molar refractivity (Wildman–Crippen MR) is 64.6 cm³/mol. The summed E-state index contributed by atoms with van der Waals surface area (Å²) in [6.45, 7) is 0. The molecule has 0 radical (unpaired) electrons. The molecule has 0 aliphatic carbocycles. The smallest absolute Gasteiger partial charge is 0.509 e. The molecule has 0 atom stereocenters. The van der Waals surface area contributed by atoms with Crippen LogP contribution < -0.4 is 9.31 Å². The fourth-order valence-electron chi connectivity index (χ4n) is 0.868. The number of thiophene rings is 2.